The Hall–Kier alpha value is -2.38. The molecule has 6 nitrogen and oxygen atoms in total. The number of nitrogens with one attached hydrogen (secondary N) is 1. The lowest BCUT2D eigenvalue weighted by Gasteiger charge is -2.17. The van der Waals surface area contributed by atoms with Crippen LogP contribution in [0.1, 0.15) is 48.1 Å². The van der Waals surface area contributed by atoms with Crippen molar-refractivity contribution in [3.63, 3.8) is 0 Å². The minimum atomic E-state index is 0.00961. The molecule has 0 fully saturated rings. The molecule has 5 rings (SSSR count). The largest absolute Gasteiger partial charge is 0.454 e. The number of aromatic amines is 1. The second-order valence-corrected chi connectivity index (χ2v) is 8.98. The molecule has 0 saturated carbocycles. The first kappa shape index (κ1) is 17.7. The van der Waals surface area contributed by atoms with E-state index in [2.05, 4.69) is 24.1 Å². The van der Waals surface area contributed by atoms with Gasteiger partial charge >= 0.3 is 0 Å². The van der Waals surface area contributed by atoms with Crippen molar-refractivity contribution in [1.29, 1.82) is 0 Å². The molecule has 146 valence electrons. The van der Waals surface area contributed by atoms with Crippen LogP contribution >= 0.6 is 11.3 Å². The number of rotatable bonds is 4. The maximum atomic E-state index is 12.8. The first-order valence-electron chi connectivity index (χ1n) is 9.85. The van der Waals surface area contributed by atoms with E-state index in [1.807, 2.05) is 18.2 Å². The number of aryl methyl sites for hydroxylation is 1. The highest BCUT2D eigenvalue weighted by Crippen LogP contribution is 2.36. The second-order valence-electron chi connectivity index (χ2n) is 7.90. The van der Waals surface area contributed by atoms with Gasteiger partial charge in [-0.25, -0.2) is 4.98 Å². The highest BCUT2D eigenvalue weighted by atomic mass is 32.1. The molecule has 3 aromatic rings. The molecule has 1 aliphatic heterocycles. The van der Waals surface area contributed by atoms with Gasteiger partial charge in [0.05, 0.1) is 5.39 Å². The predicted octanol–water partition coefficient (Wildman–Crippen LogP) is 2.66. The summed E-state index contributed by atoms with van der Waals surface area (Å²) in [6.07, 6.45) is 3.21. The number of ether oxygens (including phenoxy) is 2. The summed E-state index contributed by atoms with van der Waals surface area (Å²) in [5.74, 6) is 3.02. The fraction of sp³-hybridized carbons (Fsp3) is 0.429. The topological polar surface area (TPSA) is 80.8 Å². The number of hydrogen-bond donors (Lipinski definition) is 2. The number of fused-ring (bicyclic) bond motifs is 4. The Labute approximate surface area is 166 Å². The number of quaternary nitrogens is 1. The normalized spacial score (nSPS) is 19.0. The Morgan fingerprint density at radius 2 is 2.21 bits per heavy atom. The maximum absolute atomic E-state index is 12.8. The van der Waals surface area contributed by atoms with E-state index in [-0.39, 0.29) is 18.4 Å². The van der Waals surface area contributed by atoms with Crippen molar-refractivity contribution in [3.05, 3.63) is 50.4 Å². The van der Waals surface area contributed by atoms with E-state index in [9.17, 15) is 4.79 Å². The van der Waals surface area contributed by atoms with Crippen LogP contribution in [0.2, 0.25) is 0 Å². The standard InChI is InChI=1S/C21H23N3O3S/c1-11-3-5-14-17(7-11)28-21-18(14)20(25)23-19(24-21)12(2)22-9-13-4-6-15-16(8-13)27-10-26-15/h4,6,8,11-12,22H,3,5,7,9-10H2,1-2H3,(H,23,24,25)/p+1/t11-,12-/m1/s1. The summed E-state index contributed by atoms with van der Waals surface area (Å²) < 4.78 is 10.8. The van der Waals surface area contributed by atoms with Crippen molar-refractivity contribution < 1.29 is 14.8 Å². The molecule has 1 aromatic carbocycles. The molecule has 2 atom stereocenters. The molecule has 0 amide bonds. The van der Waals surface area contributed by atoms with E-state index in [1.54, 1.807) is 11.3 Å². The molecule has 3 N–H and O–H groups in total. The fourth-order valence-electron chi connectivity index (χ4n) is 4.07. The van der Waals surface area contributed by atoms with Crippen LogP contribution in [0.3, 0.4) is 0 Å². The maximum Gasteiger partial charge on any atom is 0.260 e. The van der Waals surface area contributed by atoms with Crippen molar-refractivity contribution in [1.82, 2.24) is 9.97 Å². The molecular weight excluding hydrogens is 374 g/mol. The van der Waals surface area contributed by atoms with Gasteiger partial charge in [-0.05, 0) is 55.9 Å². The van der Waals surface area contributed by atoms with Gasteiger partial charge < -0.3 is 19.8 Å². The summed E-state index contributed by atoms with van der Waals surface area (Å²) in [6, 6.07) is 6.06. The van der Waals surface area contributed by atoms with Crippen molar-refractivity contribution in [2.75, 3.05) is 6.79 Å². The number of thiophene rings is 1. The first-order chi connectivity index (χ1) is 13.6. The van der Waals surface area contributed by atoms with E-state index in [0.717, 1.165) is 58.9 Å². The molecule has 2 aliphatic rings. The monoisotopic (exact) mass is 398 g/mol. The molecule has 0 unspecified atom stereocenters. The highest BCUT2D eigenvalue weighted by molar-refractivity contribution is 7.18. The zero-order valence-electron chi connectivity index (χ0n) is 16.1. The fourth-order valence-corrected chi connectivity index (χ4v) is 5.46. The Bertz CT molecular complexity index is 1100. The zero-order valence-corrected chi connectivity index (χ0v) is 16.9. The van der Waals surface area contributed by atoms with Gasteiger partial charge in [-0.3, -0.25) is 4.79 Å². The number of aromatic nitrogens is 2. The van der Waals surface area contributed by atoms with Gasteiger partial charge in [0.2, 0.25) is 6.79 Å². The van der Waals surface area contributed by atoms with E-state index >= 15 is 0 Å². The van der Waals surface area contributed by atoms with Crippen molar-refractivity contribution in [3.8, 4) is 11.5 Å². The summed E-state index contributed by atoms with van der Waals surface area (Å²) in [5.41, 5.74) is 2.39. The SMILES string of the molecule is C[C@@H]1CCc2c(sc3nc([C@@H](C)[NH2+]Cc4ccc5c(c4)OCO5)[nH]c(=O)c23)C1. The summed E-state index contributed by atoms with van der Waals surface area (Å²) in [7, 11) is 0. The molecule has 1 aliphatic carbocycles. The van der Waals surface area contributed by atoms with Gasteiger partial charge in [0.15, 0.2) is 17.3 Å². The van der Waals surface area contributed by atoms with Gasteiger partial charge in [0, 0.05) is 10.4 Å². The number of hydrogen-bond acceptors (Lipinski definition) is 5. The molecule has 0 radical (unpaired) electrons. The van der Waals surface area contributed by atoms with Gasteiger partial charge in [-0.1, -0.05) is 6.92 Å². The molecule has 0 spiro atoms. The van der Waals surface area contributed by atoms with Crippen LogP contribution in [0.25, 0.3) is 10.2 Å². The van der Waals surface area contributed by atoms with Crippen LogP contribution in [0, 0.1) is 5.92 Å². The number of benzene rings is 1. The van der Waals surface area contributed by atoms with Crippen LogP contribution < -0.4 is 20.3 Å². The minimum Gasteiger partial charge on any atom is -0.454 e. The Balaban J connectivity index is 1.37. The van der Waals surface area contributed by atoms with Crippen molar-refractivity contribution in [2.45, 2.75) is 45.7 Å². The van der Waals surface area contributed by atoms with Gasteiger partial charge in [-0.2, -0.15) is 0 Å². The molecule has 3 heterocycles. The third-order valence-corrected chi connectivity index (χ3v) is 6.91. The van der Waals surface area contributed by atoms with Crippen molar-refractivity contribution in [2.24, 2.45) is 5.92 Å². The Kier molecular flexibility index (Phi) is 4.36. The van der Waals surface area contributed by atoms with E-state index in [0.29, 0.717) is 5.92 Å². The third kappa shape index (κ3) is 3.08. The van der Waals surface area contributed by atoms with E-state index in [1.165, 1.54) is 10.4 Å². The lowest BCUT2D eigenvalue weighted by Crippen LogP contribution is -2.83. The van der Waals surface area contributed by atoms with Gasteiger partial charge in [-0.15, -0.1) is 11.3 Å². The summed E-state index contributed by atoms with van der Waals surface area (Å²) in [6.45, 7) is 5.42. The summed E-state index contributed by atoms with van der Waals surface area (Å²) in [4.78, 5) is 22.9. The van der Waals surface area contributed by atoms with E-state index in [4.69, 9.17) is 14.5 Å². The Morgan fingerprint density at radius 1 is 1.36 bits per heavy atom. The number of H-pyrrole nitrogens is 1. The third-order valence-electron chi connectivity index (χ3n) is 5.76. The molecule has 0 bridgehead atoms. The summed E-state index contributed by atoms with van der Waals surface area (Å²) in [5, 5.41) is 3.00. The average molecular weight is 399 g/mol. The lowest BCUT2D eigenvalue weighted by atomic mass is 9.89. The zero-order chi connectivity index (χ0) is 19.3. The minimum absolute atomic E-state index is 0.00961. The molecule has 28 heavy (non-hydrogen) atoms. The number of nitrogens with two attached hydrogens (primary N) is 1. The number of nitrogens with zero attached hydrogens (tertiary/aromatic N) is 1. The van der Waals surface area contributed by atoms with Gasteiger partial charge in [0.1, 0.15) is 17.4 Å². The quantitative estimate of drug-likeness (QED) is 0.708. The van der Waals surface area contributed by atoms with Crippen molar-refractivity contribution >= 4 is 21.6 Å². The summed E-state index contributed by atoms with van der Waals surface area (Å²) >= 11 is 1.70. The van der Waals surface area contributed by atoms with Gasteiger partial charge in [0.25, 0.3) is 5.56 Å². The Morgan fingerprint density at radius 3 is 3.11 bits per heavy atom. The smallest absolute Gasteiger partial charge is 0.260 e. The molecular formula is C21H24N3O3S+. The van der Waals surface area contributed by atoms with Crippen LogP contribution in [-0.2, 0) is 19.4 Å². The van der Waals surface area contributed by atoms with Crippen LogP contribution in [0.4, 0.5) is 0 Å². The highest BCUT2D eigenvalue weighted by Gasteiger charge is 2.24. The molecule has 2 aromatic heterocycles. The molecule has 7 heteroatoms. The van der Waals surface area contributed by atoms with E-state index < -0.39 is 0 Å². The average Bonchev–Trinajstić information content (AvgIpc) is 3.29. The van der Waals surface area contributed by atoms with Crippen LogP contribution in [0.5, 0.6) is 11.5 Å². The molecule has 0 saturated heterocycles. The second kappa shape index (κ2) is 6.90. The lowest BCUT2D eigenvalue weighted by molar-refractivity contribution is -0.709. The van der Waals surface area contributed by atoms with Crippen LogP contribution in [-0.4, -0.2) is 16.8 Å². The predicted molar refractivity (Wildman–Crippen MR) is 108 cm³/mol. The van der Waals surface area contributed by atoms with Crippen LogP contribution in [0.15, 0.2) is 23.0 Å². The first-order valence-corrected chi connectivity index (χ1v) is 10.7.